The van der Waals surface area contributed by atoms with Gasteiger partial charge in [0.05, 0.1) is 13.2 Å². The summed E-state index contributed by atoms with van der Waals surface area (Å²) in [5, 5.41) is 12.4. The molecule has 0 radical (unpaired) electrons. The minimum atomic E-state index is 0.163. The number of nitriles is 1. The molecule has 1 fully saturated rings. The van der Waals surface area contributed by atoms with E-state index in [1.807, 2.05) is 30.3 Å². The van der Waals surface area contributed by atoms with Crippen LogP contribution in [0.2, 0.25) is 0 Å². The van der Waals surface area contributed by atoms with E-state index >= 15 is 0 Å². The second-order valence-electron chi connectivity index (χ2n) is 5.52. The van der Waals surface area contributed by atoms with Gasteiger partial charge in [-0.2, -0.15) is 10.2 Å². The highest BCUT2D eigenvalue weighted by Gasteiger charge is 2.14. The molecule has 1 aromatic heterocycles. The Morgan fingerprint density at radius 2 is 2.20 bits per heavy atom. The second kappa shape index (κ2) is 8.85. The summed E-state index contributed by atoms with van der Waals surface area (Å²) in [6.07, 6.45) is 0. The van der Waals surface area contributed by atoms with Crippen molar-refractivity contribution in [3.63, 3.8) is 0 Å². The molecule has 0 bridgehead atoms. The molecule has 2 aromatic rings. The van der Waals surface area contributed by atoms with Crippen LogP contribution >= 0.6 is 15.9 Å². The lowest BCUT2D eigenvalue weighted by Crippen LogP contribution is -2.39. The van der Waals surface area contributed by atoms with Gasteiger partial charge in [-0.1, -0.05) is 22.0 Å². The van der Waals surface area contributed by atoms with Gasteiger partial charge in [0.2, 0.25) is 17.5 Å². The van der Waals surface area contributed by atoms with E-state index in [0.29, 0.717) is 24.1 Å². The molecule has 8 heteroatoms. The van der Waals surface area contributed by atoms with Crippen molar-refractivity contribution >= 4 is 21.8 Å². The summed E-state index contributed by atoms with van der Waals surface area (Å²) in [4.78, 5) is 6.47. The Bertz CT molecular complexity index is 738. The number of benzene rings is 1. The van der Waals surface area contributed by atoms with Crippen LogP contribution in [0.3, 0.4) is 0 Å². The van der Waals surface area contributed by atoms with Crippen LogP contribution in [0, 0.1) is 11.3 Å². The van der Waals surface area contributed by atoms with Gasteiger partial charge in [-0.25, -0.2) is 0 Å². The maximum Gasteiger partial charge on any atom is 0.236 e. The Morgan fingerprint density at radius 1 is 1.36 bits per heavy atom. The SMILES string of the molecule is N#Cc1nc(COc2cccc(Br)c2)oc1NCCN1CCOCC1. The van der Waals surface area contributed by atoms with Gasteiger partial charge < -0.3 is 19.2 Å². The van der Waals surface area contributed by atoms with E-state index in [0.717, 1.165) is 37.3 Å². The highest BCUT2D eigenvalue weighted by atomic mass is 79.9. The van der Waals surface area contributed by atoms with Gasteiger partial charge in [-0.3, -0.25) is 4.90 Å². The summed E-state index contributed by atoms with van der Waals surface area (Å²) in [7, 11) is 0. The summed E-state index contributed by atoms with van der Waals surface area (Å²) in [6.45, 7) is 5.08. The zero-order valence-electron chi connectivity index (χ0n) is 13.7. The van der Waals surface area contributed by atoms with Crippen molar-refractivity contribution < 1.29 is 13.9 Å². The van der Waals surface area contributed by atoms with Crippen molar-refractivity contribution in [2.75, 3.05) is 44.7 Å². The summed E-state index contributed by atoms with van der Waals surface area (Å²) < 4.78 is 17.5. The molecule has 25 heavy (non-hydrogen) atoms. The number of anilines is 1. The first-order valence-corrected chi connectivity index (χ1v) is 8.86. The summed E-state index contributed by atoms with van der Waals surface area (Å²) in [5.41, 5.74) is 0.245. The number of hydrogen-bond donors (Lipinski definition) is 1. The Morgan fingerprint density at radius 3 is 2.96 bits per heavy atom. The Kier molecular flexibility index (Phi) is 6.28. The molecule has 0 amide bonds. The van der Waals surface area contributed by atoms with Crippen LogP contribution in [-0.4, -0.2) is 49.3 Å². The van der Waals surface area contributed by atoms with Gasteiger partial charge in [0.1, 0.15) is 11.8 Å². The molecule has 0 saturated carbocycles. The third kappa shape index (κ3) is 5.19. The van der Waals surface area contributed by atoms with Crippen LogP contribution in [0.4, 0.5) is 5.88 Å². The molecule has 1 aromatic carbocycles. The first-order chi connectivity index (χ1) is 12.2. The van der Waals surface area contributed by atoms with Crippen molar-refractivity contribution in [2.45, 2.75) is 6.61 Å². The third-order valence-electron chi connectivity index (χ3n) is 3.75. The zero-order chi connectivity index (χ0) is 17.5. The van der Waals surface area contributed by atoms with Crippen LogP contribution in [0.1, 0.15) is 11.6 Å². The maximum absolute atomic E-state index is 9.22. The number of nitrogens with one attached hydrogen (secondary N) is 1. The standard InChI is InChI=1S/C17H19BrN4O3/c18-13-2-1-3-14(10-13)24-12-16-21-15(11-19)17(25-16)20-4-5-22-6-8-23-9-7-22/h1-3,10,20H,4-9,12H2. The second-order valence-corrected chi connectivity index (χ2v) is 6.44. The van der Waals surface area contributed by atoms with Crippen LogP contribution in [0.15, 0.2) is 33.2 Å². The summed E-state index contributed by atoms with van der Waals surface area (Å²) in [5.74, 6) is 1.46. The zero-order valence-corrected chi connectivity index (χ0v) is 15.3. The number of hydrogen-bond acceptors (Lipinski definition) is 7. The highest BCUT2D eigenvalue weighted by molar-refractivity contribution is 9.10. The number of oxazole rings is 1. The summed E-state index contributed by atoms with van der Waals surface area (Å²) in [6, 6.07) is 9.55. The first kappa shape index (κ1) is 17.7. The first-order valence-electron chi connectivity index (χ1n) is 8.07. The lowest BCUT2D eigenvalue weighted by molar-refractivity contribution is 0.0398. The lowest BCUT2D eigenvalue weighted by Gasteiger charge is -2.26. The minimum absolute atomic E-state index is 0.163. The van der Waals surface area contributed by atoms with Crippen molar-refractivity contribution in [3.05, 3.63) is 40.3 Å². The van der Waals surface area contributed by atoms with Crippen molar-refractivity contribution in [1.29, 1.82) is 5.26 Å². The number of aromatic nitrogens is 1. The van der Waals surface area contributed by atoms with E-state index in [1.165, 1.54) is 0 Å². The molecule has 132 valence electrons. The monoisotopic (exact) mass is 406 g/mol. The van der Waals surface area contributed by atoms with Crippen molar-refractivity contribution in [1.82, 2.24) is 9.88 Å². The van der Waals surface area contributed by atoms with E-state index in [1.54, 1.807) is 0 Å². The molecule has 1 saturated heterocycles. The number of nitrogens with zero attached hydrogens (tertiary/aromatic N) is 3. The fourth-order valence-corrected chi connectivity index (χ4v) is 2.85. The van der Waals surface area contributed by atoms with Crippen molar-refractivity contribution in [2.24, 2.45) is 0 Å². The average Bonchev–Trinajstić information content (AvgIpc) is 3.03. The fourth-order valence-electron chi connectivity index (χ4n) is 2.48. The predicted octanol–water partition coefficient (Wildman–Crippen LogP) is 2.63. The molecule has 3 rings (SSSR count). The molecular weight excluding hydrogens is 388 g/mol. The number of ether oxygens (including phenoxy) is 2. The molecule has 0 atom stereocenters. The summed E-state index contributed by atoms with van der Waals surface area (Å²) >= 11 is 3.39. The molecule has 2 heterocycles. The van der Waals surface area contributed by atoms with Gasteiger partial charge in [0.15, 0.2) is 6.61 Å². The van der Waals surface area contributed by atoms with Gasteiger partial charge in [-0.05, 0) is 18.2 Å². The van der Waals surface area contributed by atoms with Crippen LogP contribution in [0.25, 0.3) is 0 Å². The fraction of sp³-hybridized carbons (Fsp3) is 0.412. The molecule has 7 nitrogen and oxygen atoms in total. The number of rotatable bonds is 7. The van der Waals surface area contributed by atoms with Crippen molar-refractivity contribution in [3.8, 4) is 11.8 Å². The smallest absolute Gasteiger partial charge is 0.236 e. The van der Waals surface area contributed by atoms with Crippen LogP contribution in [0.5, 0.6) is 5.75 Å². The highest BCUT2D eigenvalue weighted by Crippen LogP contribution is 2.21. The Labute approximate surface area is 154 Å². The number of halogens is 1. The van der Waals surface area contributed by atoms with E-state index in [4.69, 9.17) is 13.9 Å². The minimum Gasteiger partial charge on any atom is -0.484 e. The largest absolute Gasteiger partial charge is 0.484 e. The topological polar surface area (TPSA) is 83.5 Å². The van der Waals surface area contributed by atoms with E-state index in [2.05, 4.69) is 31.1 Å². The van der Waals surface area contributed by atoms with Gasteiger partial charge >= 0.3 is 0 Å². The molecule has 0 aliphatic carbocycles. The van der Waals surface area contributed by atoms with E-state index in [9.17, 15) is 5.26 Å². The van der Waals surface area contributed by atoms with Crippen LogP contribution in [-0.2, 0) is 11.3 Å². The predicted molar refractivity (Wildman–Crippen MR) is 95.4 cm³/mol. The van der Waals surface area contributed by atoms with Gasteiger partial charge in [0, 0.05) is 30.7 Å². The lowest BCUT2D eigenvalue weighted by atomic mass is 10.3. The number of morpholine rings is 1. The normalized spacial score (nSPS) is 14.9. The molecule has 1 N–H and O–H groups in total. The quantitative estimate of drug-likeness (QED) is 0.756. The molecule has 1 aliphatic rings. The molecule has 0 spiro atoms. The van der Waals surface area contributed by atoms with E-state index < -0.39 is 0 Å². The molecule has 0 unspecified atom stereocenters. The Balaban J connectivity index is 1.53. The Hall–Kier alpha value is -2.08. The van der Waals surface area contributed by atoms with Crippen LogP contribution < -0.4 is 10.1 Å². The van der Waals surface area contributed by atoms with E-state index in [-0.39, 0.29) is 12.3 Å². The maximum atomic E-state index is 9.22. The molecule has 1 aliphatic heterocycles. The average molecular weight is 407 g/mol. The van der Waals surface area contributed by atoms with Gasteiger partial charge in [-0.15, -0.1) is 0 Å². The van der Waals surface area contributed by atoms with Gasteiger partial charge in [0.25, 0.3) is 0 Å². The third-order valence-corrected chi connectivity index (χ3v) is 4.25. The molecular formula is C17H19BrN4O3.